The van der Waals surface area contributed by atoms with Crippen molar-refractivity contribution >= 4 is 23.6 Å². The van der Waals surface area contributed by atoms with Gasteiger partial charge in [-0.05, 0) is 86.0 Å². The van der Waals surface area contributed by atoms with Crippen LogP contribution in [0.2, 0.25) is 0 Å². The number of hydrogen-bond donors (Lipinski definition) is 2. The number of carbonyl (C=O) groups is 4. The molecule has 0 radical (unpaired) electrons. The van der Waals surface area contributed by atoms with Crippen LogP contribution in [-0.4, -0.2) is 128 Å². The maximum atomic E-state index is 13.2. The van der Waals surface area contributed by atoms with Gasteiger partial charge in [-0.3, -0.25) is 14.9 Å². The van der Waals surface area contributed by atoms with E-state index in [2.05, 4.69) is 90.4 Å². The number of aryl methyl sites for hydroxylation is 1. The summed E-state index contributed by atoms with van der Waals surface area (Å²) < 4.78 is 44.7. The van der Waals surface area contributed by atoms with Gasteiger partial charge in [0.05, 0.1) is 78.2 Å². The van der Waals surface area contributed by atoms with Crippen molar-refractivity contribution in [2.45, 2.75) is 82.9 Å². The maximum Gasteiger partial charge on any atom is 0.408 e. The van der Waals surface area contributed by atoms with Crippen molar-refractivity contribution in [2.75, 3.05) is 92.4 Å². The molecule has 0 aliphatic heterocycles. The summed E-state index contributed by atoms with van der Waals surface area (Å²) in [4.78, 5) is 52.1. The van der Waals surface area contributed by atoms with E-state index in [1.165, 1.54) is 5.56 Å². The van der Waals surface area contributed by atoms with E-state index in [9.17, 15) is 19.2 Å². The Morgan fingerprint density at radius 2 is 0.960 bits per heavy atom. The van der Waals surface area contributed by atoms with E-state index in [1.54, 1.807) is 20.8 Å². The van der Waals surface area contributed by atoms with Gasteiger partial charge in [-0.25, -0.2) is 9.59 Å². The van der Waals surface area contributed by atoms with Gasteiger partial charge in [0.15, 0.2) is 11.8 Å². The van der Waals surface area contributed by atoms with Crippen LogP contribution in [0.25, 0.3) is 11.1 Å². The lowest BCUT2D eigenvalue weighted by molar-refractivity contribution is -0.159. The minimum absolute atomic E-state index is 0.0163. The van der Waals surface area contributed by atoms with Crippen molar-refractivity contribution < 1.29 is 57.1 Å². The molecule has 0 heterocycles. The summed E-state index contributed by atoms with van der Waals surface area (Å²) in [6.45, 7) is 12.4. The molecule has 5 aromatic rings. The smallest absolute Gasteiger partial charge is 0.408 e. The average molecular weight is 1030 g/mol. The van der Waals surface area contributed by atoms with Gasteiger partial charge in [0.1, 0.15) is 18.0 Å². The summed E-state index contributed by atoms with van der Waals surface area (Å²) in [5.74, 6) is -1.35. The molecule has 0 spiro atoms. The van der Waals surface area contributed by atoms with Crippen LogP contribution in [0.1, 0.15) is 92.2 Å². The number of ketones is 2. The van der Waals surface area contributed by atoms with Crippen molar-refractivity contribution in [1.82, 2.24) is 10.6 Å². The van der Waals surface area contributed by atoms with E-state index in [0.717, 1.165) is 38.9 Å². The van der Waals surface area contributed by atoms with Crippen LogP contribution < -0.4 is 10.6 Å². The second kappa shape index (κ2) is 31.1. The zero-order valence-corrected chi connectivity index (χ0v) is 44.2. The molecular formula is C61H76N2O12. The maximum absolute atomic E-state index is 13.2. The molecule has 0 saturated carbocycles. The lowest BCUT2D eigenvalue weighted by atomic mass is 9.76. The molecule has 5 aromatic carbocycles. The Kier molecular flexibility index (Phi) is 24.1. The van der Waals surface area contributed by atoms with Crippen LogP contribution in [0, 0.1) is 6.92 Å². The molecule has 6 rings (SSSR count). The predicted molar refractivity (Wildman–Crippen MR) is 288 cm³/mol. The van der Waals surface area contributed by atoms with Gasteiger partial charge in [0.2, 0.25) is 0 Å². The number of esters is 1. The highest BCUT2D eigenvalue weighted by molar-refractivity contribution is 6.05. The lowest BCUT2D eigenvalue weighted by Crippen LogP contribution is -2.49. The topological polar surface area (TPSA) is 166 Å². The van der Waals surface area contributed by atoms with E-state index < -0.39 is 35.0 Å². The summed E-state index contributed by atoms with van der Waals surface area (Å²) in [7, 11) is 0. The molecule has 1 aliphatic rings. The minimum atomic E-state index is -1.52. The fourth-order valence-electron chi connectivity index (χ4n) is 8.94. The van der Waals surface area contributed by atoms with E-state index in [-0.39, 0.29) is 31.3 Å². The van der Waals surface area contributed by atoms with Gasteiger partial charge in [-0.15, -0.1) is 0 Å². The number of nitrogens with one attached hydrogen (secondary N) is 2. The number of amides is 1. The van der Waals surface area contributed by atoms with Gasteiger partial charge in [-0.1, -0.05) is 139 Å². The number of benzene rings is 5. The first-order valence-corrected chi connectivity index (χ1v) is 26.2. The van der Waals surface area contributed by atoms with Crippen LogP contribution in [0.4, 0.5) is 4.79 Å². The SMILES string of the molecule is Cc1ccc(C(NCCCC(=O)CCOCCOCCOCCOCCOCCOCCCC(=O)[C@H](NC(=O)OCC2c3ccccc3-c3ccccc32)C(=O)OC(C)(C)C)(c2ccccc2)c2ccccc2)cc1. The van der Waals surface area contributed by atoms with E-state index >= 15 is 0 Å². The van der Waals surface area contributed by atoms with E-state index in [4.69, 9.17) is 37.9 Å². The van der Waals surface area contributed by atoms with Crippen molar-refractivity contribution in [1.29, 1.82) is 0 Å². The van der Waals surface area contributed by atoms with Crippen LogP contribution in [-0.2, 0) is 57.8 Å². The molecule has 75 heavy (non-hydrogen) atoms. The van der Waals surface area contributed by atoms with Crippen LogP contribution in [0.15, 0.2) is 133 Å². The van der Waals surface area contributed by atoms with E-state index in [0.29, 0.717) is 105 Å². The molecule has 2 N–H and O–H groups in total. The zero-order valence-electron chi connectivity index (χ0n) is 44.2. The first kappa shape index (κ1) is 58.2. The highest BCUT2D eigenvalue weighted by Gasteiger charge is 2.36. The Bertz CT molecular complexity index is 2410. The van der Waals surface area contributed by atoms with Gasteiger partial charge in [-0.2, -0.15) is 0 Å². The first-order chi connectivity index (χ1) is 36.5. The van der Waals surface area contributed by atoms with Gasteiger partial charge >= 0.3 is 12.1 Å². The molecule has 0 unspecified atom stereocenters. The lowest BCUT2D eigenvalue weighted by Gasteiger charge is -2.37. The van der Waals surface area contributed by atoms with Crippen LogP contribution in [0.3, 0.4) is 0 Å². The number of alkyl carbamates (subject to hydrolysis) is 1. The molecule has 0 aromatic heterocycles. The Labute approximate surface area is 443 Å². The van der Waals surface area contributed by atoms with Crippen molar-refractivity contribution in [3.63, 3.8) is 0 Å². The molecule has 0 fully saturated rings. The number of rotatable bonds is 35. The molecule has 1 amide bonds. The monoisotopic (exact) mass is 1030 g/mol. The third-order valence-electron chi connectivity index (χ3n) is 12.6. The second-order valence-electron chi connectivity index (χ2n) is 19.3. The Balaban J connectivity index is 0.733. The van der Waals surface area contributed by atoms with Crippen LogP contribution >= 0.6 is 0 Å². The van der Waals surface area contributed by atoms with Gasteiger partial charge in [0.25, 0.3) is 0 Å². The Hall–Kier alpha value is -6.10. The molecule has 1 aliphatic carbocycles. The Morgan fingerprint density at radius 1 is 0.507 bits per heavy atom. The zero-order chi connectivity index (χ0) is 53.1. The molecule has 14 heteroatoms. The van der Waals surface area contributed by atoms with Crippen molar-refractivity contribution in [3.05, 3.63) is 167 Å². The molecular weight excluding hydrogens is 953 g/mol. The average Bonchev–Trinajstić information content (AvgIpc) is 3.74. The summed E-state index contributed by atoms with van der Waals surface area (Å²) in [5, 5.41) is 6.32. The minimum Gasteiger partial charge on any atom is -0.458 e. The summed E-state index contributed by atoms with van der Waals surface area (Å²) in [6.07, 6.45) is 0.974. The summed E-state index contributed by atoms with van der Waals surface area (Å²) >= 11 is 0. The third kappa shape index (κ3) is 18.6. The Morgan fingerprint density at radius 3 is 1.47 bits per heavy atom. The number of fused-ring (bicyclic) bond motifs is 3. The number of ether oxygens (including phenoxy) is 8. The molecule has 402 valence electrons. The highest BCUT2D eigenvalue weighted by atomic mass is 16.6. The van der Waals surface area contributed by atoms with Gasteiger partial charge in [0, 0.05) is 31.8 Å². The number of hydrogen-bond acceptors (Lipinski definition) is 13. The fraction of sp³-hybridized carbons (Fsp3) is 0.443. The number of carbonyl (C=O) groups excluding carboxylic acids is 4. The molecule has 1 atom stereocenters. The van der Waals surface area contributed by atoms with E-state index in [1.807, 2.05) is 60.7 Å². The largest absolute Gasteiger partial charge is 0.458 e. The van der Waals surface area contributed by atoms with Crippen molar-refractivity contribution in [3.8, 4) is 11.1 Å². The van der Waals surface area contributed by atoms with Gasteiger partial charge < -0.3 is 43.2 Å². The van der Waals surface area contributed by atoms with Crippen LogP contribution in [0.5, 0.6) is 0 Å². The molecule has 0 bridgehead atoms. The normalized spacial score (nSPS) is 12.7. The summed E-state index contributed by atoms with van der Waals surface area (Å²) in [6, 6.07) is 44.0. The molecule has 0 saturated heterocycles. The predicted octanol–water partition coefficient (Wildman–Crippen LogP) is 9.31. The highest BCUT2D eigenvalue weighted by Crippen LogP contribution is 2.44. The fourth-order valence-corrected chi connectivity index (χ4v) is 8.94. The quantitative estimate of drug-likeness (QED) is 0.0171. The van der Waals surface area contributed by atoms with Crippen molar-refractivity contribution in [2.24, 2.45) is 0 Å². The second-order valence-corrected chi connectivity index (χ2v) is 19.3. The number of Topliss-reactive ketones (excluding diaryl/α,β-unsaturated/α-hetero) is 2. The summed E-state index contributed by atoms with van der Waals surface area (Å²) in [5.41, 5.74) is 7.49. The third-order valence-corrected chi connectivity index (χ3v) is 12.6. The molecule has 14 nitrogen and oxygen atoms in total. The standard InChI is InChI=1S/C61H76N2O12/c1-46-27-29-49(30-28-46)61(47-17-7-5-8-18-47,48-19-9-6-10-20-48)62-32-15-21-50(64)31-34-69-36-38-71-40-42-73-44-43-72-41-39-70-37-35-68-33-16-26-56(65)57(58(66)75-60(2,3)4)63-59(67)74-45-55-53-24-13-11-22-51(53)52-23-12-14-25-54(52)55/h5-14,17-20,22-25,27-30,55,57,62H,15-16,21,26,31-45H2,1-4H3,(H,63,67)/t57-/m0/s1. The first-order valence-electron chi connectivity index (χ1n) is 26.2.